The summed E-state index contributed by atoms with van der Waals surface area (Å²) in [6.45, 7) is 0.429. The summed E-state index contributed by atoms with van der Waals surface area (Å²) in [5.41, 5.74) is 0.496. The molecular formula is C23H19F3N2O3S. The van der Waals surface area contributed by atoms with Gasteiger partial charge < -0.3 is 4.74 Å². The van der Waals surface area contributed by atoms with Gasteiger partial charge in [0.2, 0.25) is 0 Å². The van der Waals surface area contributed by atoms with Gasteiger partial charge >= 0.3 is 12.2 Å². The van der Waals surface area contributed by atoms with Crippen LogP contribution >= 0.6 is 12.8 Å². The molecule has 0 radical (unpaired) electrons. The lowest BCUT2D eigenvalue weighted by molar-refractivity contribution is -0.137. The van der Waals surface area contributed by atoms with Gasteiger partial charge in [-0.25, -0.2) is 9.10 Å². The smallest absolute Gasteiger partial charge is 0.416 e. The summed E-state index contributed by atoms with van der Waals surface area (Å²) in [5.74, 6) is -0.336. The minimum atomic E-state index is -4.51. The molecule has 0 spiro atoms. The molecule has 166 valence electrons. The van der Waals surface area contributed by atoms with Crippen molar-refractivity contribution in [1.29, 1.82) is 0 Å². The second-order valence-electron chi connectivity index (χ2n) is 6.73. The Bertz CT molecular complexity index is 1070. The van der Waals surface area contributed by atoms with Gasteiger partial charge in [0.05, 0.1) is 17.9 Å². The number of amides is 3. The first-order chi connectivity index (χ1) is 15.2. The number of benzene rings is 3. The summed E-state index contributed by atoms with van der Waals surface area (Å²) < 4.78 is 44.5. The molecule has 1 N–H and O–H groups in total. The zero-order valence-corrected chi connectivity index (χ0v) is 17.6. The quantitative estimate of drug-likeness (QED) is 0.476. The highest BCUT2D eigenvalue weighted by Crippen LogP contribution is 2.29. The van der Waals surface area contributed by atoms with Gasteiger partial charge in [-0.05, 0) is 42.0 Å². The number of urea groups is 1. The number of carbonyl (C=O) groups excluding carboxylic acids is 2. The van der Waals surface area contributed by atoms with Gasteiger partial charge in [0.1, 0.15) is 5.75 Å². The molecule has 0 aliphatic carbocycles. The highest BCUT2D eigenvalue weighted by Gasteiger charge is 2.30. The number of thiol groups is 1. The lowest BCUT2D eigenvalue weighted by Gasteiger charge is -2.17. The molecule has 0 bridgehead atoms. The number of halogens is 3. The number of hydrogen-bond donors (Lipinski definition) is 2. The first kappa shape index (κ1) is 23.2. The number of rotatable bonds is 6. The summed E-state index contributed by atoms with van der Waals surface area (Å²) >= 11 is 4.12. The Morgan fingerprint density at radius 2 is 1.62 bits per heavy atom. The molecule has 0 aliphatic heterocycles. The number of anilines is 1. The van der Waals surface area contributed by atoms with Gasteiger partial charge in [0, 0.05) is 18.1 Å². The van der Waals surface area contributed by atoms with Gasteiger partial charge in [0.25, 0.3) is 5.91 Å². The molecule has 3 aromatic rings. The highest BCUT2D eigenvalue weighted by atomic mass is 32.1. The van der Waals surface area contributed by atoms with E-state index in [1.807, 2.05) is 30.3 Å². The van der Waals surface area contributed by atoms with E-state index < -0.39 is 23.7 Å². The van der Waals surface area contributed by atoms with Gasteiger partial charge in [-0.2, -0.15) is 13.2 Å². The van der Waals surface area contributed by atoms with Crippen molar-refractivity contribution in [2.75, 3.05) is 10.9 Å². The van der Waals surface area contributed by atoms with Gasteiger partial charge in [-0.1, -0.05) is 49.2 Å². The SMILES string of the molecule is O=C(NC(=O)N(S)c1cccc(OCCc2ccccc2)c1)c1ccc(C(F)(F)F)cc1. The van der Waals surface area contributed by atoms with E-state index in [1.165, 1.54) is 0 Å². The molecule has 3 aromatic carbocycles. The minimum Gasteiger partial charge on any atom is -0.493 e. The van der Waals surface area contributed by atoms with Crippen molar-refractivity contribution >= 4 is 30.4 Å². The van der Waals surface area contributed by atoms with E-state index in [9.17, 15) is 22.8 Å². The first-order valence-electron chi connectivity index (χ1n) is 9.52. The number of nitrogens with one attached hydrogen (secondary N) is 1. The van der Waals surface area contributed by atoms with Crippen LogP contribution in [0.5, 0.6) is 5.75 Å². The molecule has 0 saturated heterocycles. The zero-order chi connectivity index (χ0) is 23.1. The number of alkyl halides is 3. The molecule has 3 amide bonds. The molecule has 0 heterocycles. The van der Waals surface area contributed by atoms with E-state index >= 15 is 0 Å². The molecule has 9 heteroatoms. The second-order valence-corrected chi connectivity index (χ2v) is 7.13. The van der Waals surface area contributed by atoms with Gasteiger partial charge in [-0.3, -0.25) is 10.1 Å². The van der Waals surface area contributed by atoms with Crippen molar-refractivity contribution in [3.63, 3.8) is 0 Å². The maximum Gasteiger partial charge on any atom is 0.416 e. The number of nitrogens with zero attached hydrogens (tertiary/aromatic N) is 1. The summed E-state index contributed by atoms with van der Waals surface area (Å²) in [6.07, 6.45) is -3.81. The van der Waals surface area contributed by atoms with Gasteiger partial charge in [0.15, 0.2) is 0 Å². The van der Waals surface area contributed by atoms with E-state index in [1.54, 1.807) is 24.3 Å². The zero-order valence-electron chi connectivity index (χ0n) is 16.7. The van der Waals surface area contributed by atoms with Crippen LogP contribution in [0.2, 0.25) is 0 Å². The van der Waals surface area contributed by atoms with E-state index in [2.05, 4.69) is 18.1 Å². The number of hydrogen-bond acceptors (Lipinski definition) is 4. The van der Waals surface area contributed by atoms with Crippen LogP contribution in [0.4, 0.5) is 23.7 Å². The Hall–Kier alpha value is -3.46. The Kier molecular flexibility index (Phi) is 7.42. The molecule has 5 nitrogen and oxygen atoms in total. The van der Waals surface area contributed by atoms with Crippen molar-refractivity contribution in [2.45, 2.75) is 12.6 Å². The molecule has 0 saturated carbocycles. The lowest BCUT2D eigenvalue weighted by atomic mass is 10.1. The van der Waals surface area contributed by atoms with Crippen LogP contribution in [0.25, 0.3) is 0 Å². The number of imide groups is 1. The van der Waals surface area contributed by atoms with Crippen molar-refractivity contribution in [1.82, 2.24) is 5.32 Å². The number of carbonyl (C=O) groups is 2. The van der Waals surface area contributed by atoms with Crippen LogP contribution in [0, 0.1) is 0 Å². The van der Waals surface area contributed by atoms with Crippen molar-refractivity contribution in [2.24, 2.45) is 0 Å². The van der Waals surface area contributed by atoms with Crippen molar-refractivity contribution in [3.05, 3.63) is 95.6 Å². The summed E-state index contributed by atoms with van der Waals surface area (Å²) in [5, 5.41) is 2.09. The van der Waals surface area contributed by atoms with Crippen LogP contribution in [0.3, 0.4) is 0 Å². The van der Waals surface area contributed by atoms with Gasteiger partial charge in [-0.15, -0.1) is 0 Å². The average Bonchev–Trinajstić information content (AvgIpc) is 2.79. The summed E-state index contributed by atoms with van der Waals surface area (Å²) in [7, 11) is 0. The molecule has 3 rings (SSSR count). The fraction of sp³-hybridized carbons (Fsp3) is 0.130. The van der Waals surface area contributed by atoms with Crippen molar-refractivity contribution in [3.8, 4) is 5.75 Å². The first-order valence-corrected chi connectivity index (χ1v) is 9.92. The normalized spacial score (nSPS) is 11.0. The van der Waals surface area contributed by atoms with E-state index in [0.717, 1.165) is 34.1 Å². The third-order valence-electron chi connectivity index (χ3n) is 4.45. The molecule has 0 aromatic heterocycles. The van der Waals surface area contributed by atoms with E-state index in [-0.39, 0.29) is 5.56 Å². The molecular weight excluding hydrogens is 441 g/mol. The number of ether oxygens (including phenoxy) is 1. The fourth-order valence-corrected chi connectivity index (χ4v) is 2.96. The standard InChI is InChI=1S/C23H19F3N2O3S/c24-23(25,26)18-11-9-17(10-12-18)21(29)27-22(30)28(32)19-7-4-8-20(15-19)31-14-13-16-5-2-1-3-6-16/h1-12,15,32H,13-14H2,(H,27,29,30). The van der Waals surface area contributed by atoms with Crippen LogP contribution < -0.4 is 14.4 Å². The second kappa shape index (κ2) is 10.2. The summed E-state index contributed by atoms with van der Waals surface area (Å²) in [6, 6.07) is 19.1. The van der Waals surface area contributed by atoms with E-state index in [0.29, 0.717) is 24.5 Å². The Balaban J connectivity index is 1.58. The third-order valence-corrected chi connectivity index (χ3v) is 4.86. The average molecular weight is 460 g/mol. The summed E-state index contributed by atoms with van der Waals surface area (Å²) in [4.78, 5) is 24.6. The Morgan fingerprint density at radius 3 is 2.28 bits per heavy atom. The molecule has 0 fully saturated rings. The molecule has 0 aliphatic rings. The fourth-order valence-electron chi connectivity index (χ4n) is 2.79. The molecule has 0 unspecified atom stereocenters. The highest BCUT2D eigenvalue weighted by molar-refractivity contribution is 7.82. The maximum atomic E-state index is 12.6. The Morgan fingerprint density at radius 1 is 0.938 bits per heavy atom. The van der Waals surface area contributed by atoms with Crippen LogP contribution in [0.1, 0.15) is 21.5 Å². The largest absolute Gasteiger partial charge is 0.493 e. The predicted octanol–water partition coefficient (Wildman–Crippen LogP) is 5.53. The lowest BCUT2D eigenvalue weighted by Crippen LogP contribution is -2.38. The topological polar surface area (TPSA) is 58.6 Å². The predicted molar refractivity (Wildman–Crippen MR) is 118 cm³/mol. The van der Waals surface area contributed by atoms with Crippen LogP contribution in [-0.4, -0.2) is 18.5 Å². The van der Waals surface area contributed by atoms with Crippen molar-refractivity contribution < 1.29 is 27.5 Å². The van der Waals surface area contributed by atoms with E-state index in [4.69, 9.17) is 4.74 Å². The maximum absolute atomic E-state index is 12.6. The molecule has 0 atom stereocenters. The monoisotopic (exact) mass is 460 g/mol. The third kappa shape index (κ3) is 6.27. The minimum absolute atomic E-state index is 0.0916. The van der Waals surface area contributed by atoms with Crippen LogP contribution in [0.15, 0.2) is 78.9 Å². The Labute approximate surface area is 188 Å². The molecule has 32 heavy (non-hydrogen) atoms. The van der Waals surface area contributed by atoms with Crippen LogP contribution in [-0.2, 0) is 12.6 Å².